The number of nitrogens with zero attached hydrogens (tertiary/aromatic N) is 2. The van der Waals surface area contributed by atoms with Gasteiger partial charge in [-0.3, -0.25) is 9.88 Å². The van der Waals surface area contributed by atoms with Crippen molar-refractivity contribution in [2.24, 2.45) is 0 Å². The van der Waals surface area contributed by atoms with Gasteiger partial charge in [0.1, 0.15) is 5.75 Å². The monoisotopic (exact) mass is 222 g/mol. The lowest BCUT2D eigenvalue weighted by Crippen LogP contribution is -2.19. The van der Waals surface area contributed by atoms with Crippen molar-refractivity contribution in [3.8, 4) is 5.75 Å². The van der Waals surface area contributed by atoms with E-state index in [0.717, 1.165) is 25.2 Å². The molecular weight excluding hydrogens is 204 g/mol. The van der Waals surface area contributed by atoms with Gasteiger partial charge < -0.3 is 10.2 Å². The van der Waals surface area contributed by atoms with Crippen LogP contribution in [0.15, 0.2) is 6.20 Å². The van der Waals surface area contributed by atoms with Crippen LogP contribution in [0.25, 0.3) is 0 Å². The minimum absolute atomic E-state index is 0.127. The molecule has 0 bridgehead atoms. The fourth-order valence-electron chi connectivity index (χ4n) is 2.18. The van der Waals surface area contributed by atoms with Gasteiger partial charge in [-0.1, -0.05) is 0 Å². The van der Waals surface area contributed by atoms with E-state index in [2.05, 4.69) is 9.88 Å². The summed E-state index contributed by atoms with van der Waals surface area (Å²) in [4.78, 5) is 6.47. The normalized spacial score (nSPS) is 16.9. The molecule has 4 nitrogen and oxygen atoms in total. The van der Waals surface area contributed by atoms with Crippen molar-refractivity contribution in [2.75, 3.05) is 13.1 Å². The van der Waals surface area contributed by atoms with E-state index in [9.17, 15) is 10.2 Å². The molecule has 0 amide bonds. The van der Waals surface area contributed by atoms with Crippen LogP contribution in [0, 0.1) is 6.92 Å². The summed E-state index contributed by atoms with van der Waals surface area (Å²) in [7, 11) is 0. The molecule has 0 saturated carbocycles. The molecule has 4 heteroatoms. The van der Waals surface area contributed by atoms with Crippen molar-refractivity contribution in [2.45, 2.75) is 32.9 Å². The summed E-state index contributed by atoms with van der Waals surface area (Å²) in [5, 5.41) is 19.1. The molecule has 0 aromatic carbocycles. The molecule has 16 heavy (non-hydrogen) atoms. The second kappa shape index (κ2) is 4.80. The largest absolute Gasteiger partial charge is 0.506 e. The Morgan fingerprint density at radius 1 is 1.38 bits per heavy atom. The quantitative estimate of drug-likeness (QED) is 0.806. The number of hydrogen-bond donors (Lipinski definition) is 2. The summed E-state index contributed by atoms with van der Waals surface area (Å²) < 4.78 is 0. The van der Waals surface area contributed by atoms with Gasteiger partial charge in [-0.2, -0.15) is 0 Å². The maximum absolute atomic E-state index is 9.81. The third kappa shape index (κ3) is 2.18. The van der Waals surface area contributed by atoms with E-state index in [4.69, 9.17) is 0 Å². The number of hydrogen-bond acceptors (Lipinski definition) is 4. The smallest absolute Gasteiger partial charge is 0.142 e. The van der Waals surface area contributed by atoms with Gasteiger partial charge in [0, 0.05) is 18.3 Å². The molecule has 1 aromatic heterocycles. The highest BCUT2D eigenvalue weighted by Crippen LogP contribution is 2.25. The lowest BCUT2D eigenvalue weighted by Gasteiger charge is -2.17. The third-order valence-electron chi connectivity index (χ3n) is 3.18. The first-order valence-corrected chi connectivity index (χ1v) is 5.72. The highest BCUT2D eigenvalue weighted by atomic mass is 16.3. The molecule has 0 aliphatic carbocycles. The van der Waals surface area contributed by atoms with Crippen LogP contribution < -0.4 is 0 Å². The molecule has 0 radical (unpaired) electrons. The summed E-state index contributed by atoms with van der Waals surface area (Å²) >= 11 is 0. The zero-order valence-corrected chi connectivity index (χ0v) is 9.61. The van der Waals surface area contributed by atoms with Gasteiger partial charge in [-0.15, -0.1) is 0 Å². The molecule has 0 unspecified atom stereocenters. The van der Waals surface area contributed by atoms with E-state index in [1.807, 2.05) is 0 Å². The summed E-state index contributed by atoms with van der Waals surface area (Å²) in [6, 6.07) is 0. The lowest BCUT2D eigenvalue weighted by molar-refractivity contribution is 0.267. The SMILES string of the molecule is Cc1ncc(CN2CCCC2)c(CO)c1O. The van der Waals surface area contributed by atoms with Crippen molar-refractivity contribution in [3.05, 3.63) is 23.0 Å². The highest BCUT2D eigenvalue weighted by molar-refractivity contribution is 5.40. The molecular formula is C12H18N2O2. The number of aliphatic hydroxyl groups excluding tert-OH is 1. The summed E-state index contributed by atoms with van der Waals surface area (Å²) in [5.74, 6) is 0.138. The van der Waals surface area contributed by atoms with Crippen LogP contribution in [0.2, 0.25) is 0 Å². The first-order chi connectivity index (χ1) is 7.72. The molecule has 2 rings (SSSR count). The minimum Gasteiger partial charge on any atom is -0.506 e. The van der Waals surface area contributed by atoms with Gasteiger partial charge >= 0.3 is 0 Å². The Labute approximate surface area is 95.5 Å². The van der Waals surface area contributed by atoms with Gasteiger partial charge in [0.05, 0.1) is 12.3 Å². The first kappa shape index (κ1) is 11.4. The summed E-state index contributed by atoms with van der Waals surface area (Å²) in [6.45, 7) is 4.59. The standard InChI is InChI=1S/C12H18N2O2/c1-9-12(16)11(8-15)10(6-13-9)7-14-4-2-3-5-14/h6,15-16H,2-5,7-8H2,1H3. The lowest BCUT2D eigenvalue weighted by atomic mass is 10.1. The van der Waals surface area contributed by atoms with Gasteiger partial charge in [0.2, 0.25) is 0 Å². The Kier molecular flexibility index (Phi) is 3.41. The van der Waals surface area contributed by atoms with Crippen LogP contribution in [0.1, 0.15) is 29.7 Å². The fraction of sp³-hybridized carbons (Fsp3) is 0.583. The number of likely N-dealkylation sites (tertiary alicyclic amines) is 1. The minimum atomic E-state index is -0.127. The van der Waals surface area contributed by atoms with Gasteiger partial charge in [-0.05, 0) is 38.4 Å². The van der Waals surface area contributed by atoms with E-state index in [-0.39, 0.29) is 12.4 Å². The maximum Gasteiger partial charge on any atom is 0.142 e. The van der Waals surface area contributed by atoms with Gasteiger partial charge in [0.15, 0.2) is 0 Å². The van der Waals surface area contributed by atoms with E-state index >= 15 is 0 Å². The number of pyridine rings is 1. The first-order valence-electron chi connectivity index (χ1n) is 5.72. The Hall–Kier alpha value is -1.13. The predicted molar refractivity (Wildman–Crippen MR) is 61.1 cm³/mol. The van der Waals surface area contributed by atoms with E-state index in [1.165, 1.54) is 12.8 Å². The number of aromatic nitrogens is 1. The Morgan fingerprint density at radius 2 is 2.06 bits per heavy atom. The Balaban J connectivity index is 2.22. The number of aryl methyl sites for hydroxylation is 1. The molecule has 1 aromatic rings. The van der Waals surface area contributed by atoms with Crippen LogP contribution in [-0.2, 0) is 13.2 Å². The van der Waals surface area contributed by atoms with Crippen LogP contribution in [0.5, 0.6) is 5.75 Å². The number of rotatable bonds is 3. The molecule has 0 atom stereocenters. The average molecular weight is 222 g/mol. The van der Waals surface area contributed by atoms with E-state index in [0.29, 0.717) is 11.3 Å². The number of aromatic hydroxyl groups is 1. The van der Waals surface area contributed by atoms with Crippen LogP contribution in [0.4, 0.5) is 0 Å². The second-order valence-corrected chi connectivity index (χ2v) is 4.34. The maximum atomic E-state index is 9.81. The molecule has 1 aliphatic rings. The van der Waals surface area contributed by atoms with Gasteiger partial charge in [0.25, 0.3) is 0 Å². The van der Waals surface area contributed by atoms with Crippen LogP contribution >= 0.6 is 0 Å². The van der Waals surface area contributed by atoms with Crippen molar-refractivity contribution in [1.29, 1.82) is 0 Å². The molecule has 1 aliphatic heterocycles. The average Bonchev–Trinajstić information content (AvgIpc) is 2.77. The highest BCUT2D eigenvalue weighted by Gasteiger charge is 2.16. The summed E-state index contributed by atoms with van der Waals surface area (Å²) in [6.07, 6.45) is 4.23. The molecule has 1 fully saturated rings. The van der Waals surface area contributed by atoms with Crippen LogP contribution in [0.3, 0.4) is 0 Å². The second-order valence-electron chi connectivity index (χ2n) is 4.34. The third-order valence-corrected chi connectivity index (χ3v) is 3.18. The van der Waals surface area contributed by atoms with Crippen molar-refractivity contribution >= 4 is 0 Å². The predicted octanol–water partition coefficient (Wildman–Crippen LogP) is 1.18. The Morgan fingerprint density at radius 3 is 2.69 bits per heavy atom. The fourth-order valence-corrected chi connectivity index (χ4v) is 2.18. The van der Waals surface area contributed by atoms with Gasteiger partial charge in [-0.25, -0.2) is 0 Å². The van der Waals surface area contributed by atoms with E-state index < -0.39 is 0 Å². The summed E-state index contributed by atoms with van der Waals surface area (Å²) in [5.41, 5.74) is 2.14. The molecule has 2 N–H and O–H groups in total. The number of aliphatic hydroxyl groups is 1. The van der Waals surface area contributed by atoms with Crippen molar-refractivity contribution < 1.29 is 10.2 Å². The van der Waals surface area contributed by atoms with Crippen molar-refractivity contribution in [1.82, 2.24) is 9.88 Å². The van der Waals surface area contributed by atoms with E-state index in [1.54, 1.807) is 13.1 Å². The molecule has 2 heterocycles. The molecule has 0 spiro atoms. The Bertz CT molecular complexity index is 374. The topological polar surface area (TPSA) is 56.6 Å². The molecule has 1 saturated heterocycles. The zero-order valence-electron chi connectivity index (χ0n) is 9.61. The van der Waals surface area contributed by atoms with Crippen molar-refractivity contribution in [3.63, 3.8) is 0 Å². The molecule has 88 valence electrons. The zero-order chi connectivity index (χ0) is 11.5. The van der Waals surface area contributed by atoms with Crippen LogP contribution in [-0.4, -0.2) is 33.2 Å².